The minimum Gasteiger partial charge on any atom is -0.478 e. The lowest BCUT2D eigenvalue weighted by Crippen LogP contribution is -2.07. The highest BCUT2D eigenvalue weighted by molar-refractivity contribution is 6.15. The number of aromatic amines is 2. The van der Waals surface area contributed by atoms with Gasteiger partial charge in [-0.3, -0.25) is 4.79 Å². The van der Waals surface area contributed by atoms with Crippen LogP contribution in [0.2, 0.25) is 0 Å². The first-order valence-electron chi connectivity index (χ1n) is 7.11. The summed E-state index contributed by atoms with van der Waals surface area (Å²) in [6.45, 7) is 0. The van der Waals surface area contributed by atoms with Gasteiger partial charge in [-0.05, 0) is 23.3 Å². The summed E-state index contributed by atoms with van der Waals surface area (Å²) in [6, 6.07) is 15.4. The maximum Gasteiger partial charge on any atom is 0.337 e. The molecule has 5 heteroatoms. The van der Waals surface area contributed by atoms with Crippen LogP contribution >= 0.6 is 0 Å². The van der Waals surface area contributed by atoms with Gasteiger partial charge in [0.1, 0.15) is 5.52 Å². The Balaban J connectivity index is 2.13. The molecule has 0 aliphatic carbocycles. The number of hydrogen-bond donors (Lipinski definition) is 3. The highest BCUT2D eigenvalue weighted by Crippen LogP contribution is 2.29. The summed E-state index contributed by atoms with van der Waals surface area (Å²) >= 11 is 0. The SMILES string of the molecule is O=C(O)c1c[nH]c2c(=O)[nH]c3ccc(-c4ccccc4)cc3c12. The van der Waals surface area contributed by atoms with Gasteiger partial charge in [-0.1, -0.05) is 36.4 Å². The molecular formula is C18H12N2O3. The fraction of sp³-hybridized carbons (Fsp3) is 0. The minimum atomic E-state index is -1.06. The lowest BCUT2D eigenvalue weighted by molar-refractivity contribution is 0.0699. The summed E-state index contributed by atoms with van der Waals surface area (Å²) in [6.07, 6.45) is 1.36. The van der Waals surface area contributed by atoms with Gasteiger partial charge in [-0.15, -0.1) is 0 Å². The van der Waals surface area contributed by atoms with Crippen LogP contribution < -0.4 is 5.56 Å². The van der Waals surface area contributed by atoms with Crippen LogP contribution in [0.15, 0.2) is 59.5 Å². The zero-order valence-corrected chi connectivity index (χ0v) is 12.0. The van der Waals surface area contributed by atoms with Crippen molar-refractivity contribution in [3.05, 3.63) is 70.6 Å². The second kappa shape index (κ2) is 4.84. The van der Waals surface area contributed by atoms with Crippen molar-refractivity contribution in [3.63, 3.8) is 0 Å². The Hall–Kier alpha value is -3.34. The van der Waals surface area contributed by atoms with Gasteiger partial charge in [0, 0.05) is 22.5 Å². The van der Waals surface area contributed by atoms with E-state index >= 15 is 0 Å². The van der Waals surface area contributed by atoms with Crippen molar-refractivity contribution in [1.29, 1.82) is 0 Å². The molecule has 0 saturated carbocycles. The van der Waals surface area contributed by atoms with E-state index in [-0.39, 0.29) is 16.6 Å². The molecule has 0 bridgehead atoms. The number of hydrogen-bond acceptors (Lipinski definition) is 2. The maximum atomic E-state index is 12.1. The fourth-order valence-corrected chi connectivity index (χ4v) is 2.91. The second-order valence-electron chi connectivity index (χ2n) is 5.34. The average molecular weight is 304 g/mol. The van der Waals surface area contributed by atoms with E-state index < -0.39 is 5.97 Å². The molecule has 2 heterocycles. The van der Waals surface area contributed by atoms with Crippen molar-refractivity contribution >= 4 is 27.8 Å². The number of aromatic carboxylic acids is 1. The lowest BCUT2D eigenvalue weighted by Gasteiger charge is -2.06. The largest absolute Gasteiger partial charge is 0.478 e. The van der Waals surface area contributed by atoms with Gasteiger partial charge in [-0.25, -0.2) is 4.79 Å². The molecule has 0 fully saturated rings. The van der Waals surface area contributed by atoms with Gasteiger partial charge in [-0.2, -0.15) is 0 Å². The van der Waals surface area contributed by atoms with Crippen molar-refractivity contribution in [2.75, 3.05) is 0 Å². The predicted octanol–water partition coefficient (Wildman–Crippen LogP) is 3.37. The highest BCUT2D eigenvalue weighted by atomic mass is 16.4. The van der Waals surface area contributed by atoms with E-state index in [0.29, 0.717) is 16.3 Å². The molecule has 23 heavy (non-hydrogen) atoms. The predicted molar refractivity (Wildman–Crippen MR) is 88.8 cm³/mol. The van der Waals surface area contributed by atoms with Crippen molar-refractivity contribution in [2.24, 2.45) is 0 Å². The summed E-state index contributed by atoms with van der Waals surface area (Å²) in [7, 11) is 0. The summed E-state index contributed by atoms with van der Waals surface area (Å²) in [5, 5.41) is 10.5. The molecule has 112 valence electrons. The Morgan fingerprint density at radius 1 is 1.00 bits per heavy atom. The quantitative estimate of drug-likeness (QED) is 0.530. The van der Waals surface area contributed by atoms with Crippen LogP contribution in [-0.2, 0) is 0 Å². The number of rotatable bonds is 2. The van der Waals surface area contributed by atoms with Gasteiger partial charge >= 0.3 is 5.97 Å². The molecule has 2 aromatic carbocycles. The monoisotopic (exact) mass is 304 g/mol. The number of carboxylic acids is 1. The first-order valence-corrected chi connectivity index (χ1v) is 7.11. The third-order valence-corrected chi connectivity index (χ3v) is 3.98. The molecule has 0 aliphatic rings. The first kappa shape index (κ1) is 13.3. The third-order valence-electron chi connectivity index (χ3n) is 3.98. The van der Waals surface area contributed by atoms with Crippen LogP contribution in [0.4, 0.5) is 0 Å². The summed E-state index contributed by atoms with van der Waals surface area (Å²) in [5.74, 6) is -1.06. The van der Waals surface area contributed by atoms with Gasteiger partial charge in [0.05, 0.1) is 5.56 Å². The number of benzene rings is 2. The van der Waals surface area contributed by atoms with Crippen LogP contribution in [-0.4, -0.2) is 21.0 Å². The first-order chi connectivity index (χ1) is 11.1. The van der Waals surface area contributed by atoms with Crippen molar-refractivity contribution in [2.45, 2.75) is 0 Å². The second-order valence-corrected chi connectivity index (χ2v) is 5.34. The van der Waals surface area contributed by atoms with Crippen LogP contribution in [0.5, 0.6) is 0 Å². The number of pyridine rings is 1. The standard InChI is InChI=1S/C18H12N2O3/c21-17-16-15(13(9-19-16)18(22)23)12-8-11(6-7-14(12)20-17)10-4-2-1-3-5-10/h1-9,19H,(H,20,21)(H,22,23). The molecule has 3 N–H and O–H groups in total. The molecule has 0 aliphatic heterocycles. The Bertz CT molecular complexity index is 1110. The van der Waals surface area contributed by atoms with E-state index in [1.807, 2.05) is 42.5 Å². The van der Waals surface area contributed by atoms with Crippen LogP contribution in [0.25, 0.3) is 32.9 Å². The summed E-state index contributed by atoms with van der Waals surface area (Å²) in [5.41, 5.74) is 2.66. The molecule has 5 nitrogen and oxygen atoms in total. The van der Waals surface area contributed by atoms with Crippen molar-refractivity contribution < 1.29 is 9.90 Å². The van der Waals surface area contributed by atoms with Gasteiger partial charge in [0.25, 0.3) is 5.56 Å². The molecule has 4 aromatic rings. The zero-order chi connectivity index (χ0) is 16.0. The van der Waals surface area contributed by atoms with Crippen LogP contribution in [0.1, 0.15) is 10.4 Å². The molecule has 0 atom stereocenters. The minimum absolute atomic E-state index is 0.0984. The molecule has 4 rings (SSSR count). The van der Waals surface area contributed by atoms with Gasteiger partial charge in [0.2, 0.25) is 0 Å². The van der Waals surface area contributed by atoms with Gasteiger partial charge < -0.3 is 15.1 Å². The molecule has 0 unspecified atom stereocenters. The molecule has 2 aromatic heterocycles. The third kappa shape index (κ3) is 2.02. The molecule has 0 saturated heterocycles. The van der Waals surface area contributed by atoms with Crippen molar-refractivity contribution in [1.82, 2.24) is 9.97 Å². The van der Waals surface area contributed by atoms with E-state index in [1.54, 1.807) is 6.07 Å². The van der Waals surface area contributed by atoms with E-state index in [1.165, 1.54) is 6.20 Å². The number of aromatic nitrogens is 2. The Morgan fingerprint density at radius 2 is 1.78 bits per heavy atom. The topological polar surface area (TPSA) is 85.9 Å². The Morgan fingerprint density at radius 3 is 2.52 bits per heavy atom. The highest BCUT2D eigenvalue weighted by Gasteiger charge is 2.16. The number of fused-ring (bicyclic) bond motifs is 3. The van der Waals surface area contributed by atoms with Crippen LogP contribution in [0, 0.1) is 0 Å². The number of carboxylic acid groups (broad SMARTS) is 1. The summed E-state index contributed by atoms with van der Waals surface area (Å²) < 4.78 is 0. The van der Waals surface area contributed by atoms with Crippen molar-refractivity contribution in [3.8, 4) is 11.1 Å². The Kier molecular flexibility index (Phi) is 2.81. The maximum absolute atomic E-state index is 12.1. The number of carbonyl (C=O) groups is 1. The average Bonchev–Trinajstić information content (AvgIpc) is 3.02. The number of H-pyrrole nitrogens is 2. The van der Waals surface area contributed by atoms with E-state index in [4.69, 9.17) is 0 Å². The molecule has 0 amide bonds. The van der Waals surface area contributed by atoms with E-state index in [0.717, 1.165) is 11.1 Å². The fourth-order valence-electron chi connectivity index (χ4n) is 2.91. The number of nitrogens with one attached hydrogen (secondary N) is 2. The molecule has 0 radical (unpaired) electrons. The van der Waals surface area contributed by atoms with Gasteiger partial charge in [0.15, 0.2) is 0 Å². The smallest absolute Gasteiger partial charge is 0.337 e. The van der Waals surface area contributed by atoms with Crippen LogP contribution in [0.3, 0.4) is 0 Å². The zero-order valence-electron chi connectivity index (χ0n) is 12.0. The lowest BCUT2D eigenvalue weighted by atomic mass is 10.0. The Labute approximate surface area is 130 Å². The molecule has 0 spiro atoms. The normalized spacial score (nSPS) is 11.1. The van der Waals surface area contributed by atoms with E-state index in [2.05, 4.69) is 9.97 Å². The molecular weight excluding hydrogens is 292 g/mol. The van der Waals surface area contributed by atoms with E-state index in [9.17, 15) is 14.7 Å². The summed E-state index contributed by atoms with van der Waals surface area (Å²) in [4.78, 5) is 29.1.